The minimum Gasteiger partial charge on any atom is -0.352 e. The van der Waals surface area contributed by atoms with E-state index in [4.69, 9.17) is 11.6 Å². The first kappa shape index (κ1) is 21.0. The first-order valence-corrected chi connectivity index (χ1v) is 9.54. The molecule has 2 aromatic rings. The molecule has 0 heterocycles. The van der Waals surface area contributed by atoms with Gasteiger partial charge in [-0.1, -0.05) is 59.6 Å². The van der Waals surface area contributed by atoms with Crippen LogP contribution >= 0.6 is 11.6 Å². The maximum atomic E-state index is 13.1. The average molecular weight is 387 g/mol. The van der Waals surface area contributed by atoms with Crippen LogP contribution in [0.1, 0.15) is 37.5 Å². The molecule has 2 amide bonds. The number of halogens is 1. The Morgan fingerprint density at radius 3 is 2.41 bits per heavy atom. The summed E-state index contributed by atoms with van der Waals surface area (Å²) in [5.41, 5.74) is 2.87. The van der Waals surface area contributed by atoms with Crippen LogP contribution in [0.2, 0.25) is 5.02 Å². The number of rotatable bonds is 7. The fraction of sp³-hybridized carbons (Fsp3) is 0.364. The Hall–Kier alpha value is -2.33. The molecule has 0 aliphatic heterocycles. The number of amides is 2. The maximum absolute atomic E-state index is 13.1. The Labute approximate surface area is 166 Å². The summed E-state index contributed by atoms with van der Waals surface area (Å²) in [5.74, 6) is -0.291. The van der Waals surface area contributed by atoms with E-state index in [2.05, 4.69) is 5.32 Å². The van der Waals surface area contributed by atoms with Gasteiger partial charge in [-0.2, -0.15) is 0 Å². The molecule has 0 bridgehead atoms. The summed E-state index contributed by atoms with van der Waals surface area (Å²) in [6.07, 6.45) is 0.158. The van der Waals surface area contributed by atoms with Gasteiger partial charge >= 0.3 is 0 Å². The second-order valence-corrected chi connectivity index (χ2v) is 7.53. The molecule has 5 heteroatoms. The highest BCUT2D eigenvalue weighted by Crippen LogP contribution is 2.18. The molecule has 0 fully saturated rings. The van der Waals surface area contributed by atoms with Crippen LogP contribution < -0.4 is 5.32 Å². The van der Waals surface area contributed by atoms with E-state index in [1.54, 1.807) is 17.9 Å². The van der Waals surface area contributed by atoms with Crippen LogP contribution in [0.4, 0.5) is 0 Å². The van der Waals surface area contributed by atoms with E-state index in [1.165, 1.54) is 0 Å². The molecule has 0 saturated carbocycles. The van der Waals surface area contributed by atoms with Crippen molar-refractivity contribution in [3.8, 4) is 0 Å². The second kappa shape index (κ2) is 9.56. The minimum atomic E-state index is -0.581. The lowest BCUT2D eigenvalue weighted by Gasteiger charge is -2.29. The first-order chi connectivity index (χ1) is 12.8. The Morgan fingerprint density at radius 1 is 1.07 bits per heavy atom. The topological polar surface area (TPSA) is 49.4 Å². The molecule has 2 aromatic carbocycles. The third-order valence-electron chi connectivity index (χ3n) is 4.33. The van der Waals surface area contributed by atoms with E-state index in [9.17, 15) is 9.59 Å². The molecule has 0 radical (unpaired) electrons. The molecule has 1 unspecified atom stereocenters. The fourth-order valence-corrected chi connectivity index (χ4v) is 3.10. The lowest BCUT2D eigenvalue weighted by Crippen LogP contribution is -2.49. The van der Waals surface area contributed by atoms with Gasteiger partial charge in [0.2, 0.25) is 11.8 Å². The van der Waals surface area contributed by atoms with Crippen molar-refractivity contribution < 1.29 is 9.59 Å². The summed E-state index contributed by atoms with van der Waals surface area (Å²) in [4.78, 5) is 27.2. The second-order valence-electron chi connectivity index (χ2n) is 7.12. The molecule has 0 spiro atoms. The number of nitrogens with zero attached hydrogens (tertiary/aromatic N) is 1. The predicted octanol–water partition coefficient (Wildman–Crippen LogP) is 4.13. The van der Waals surface area contributed by atoms with E-state index < -0.39 is 6.04 Å². The van der Waals surface area contributed by atoms with Gasteiger partial charge in [0, 0.05) is 17.6 Å². The van der Waals surface area contributed by atoms with E-state index in [-0.39, 0.29) is 24.3 Å². The monoisotopic (exact) mass is 386 g/mol. The van der Waals surface area contributed by atoms with Gasteiger partial charge in [0.05, 0.1) is 6.42 Å². The molecule has 0 aromatic heterocycles. The third kappa shape index (κ3) is 6.10. The quantitative estimate of drug-likeness (QED) is 0.777. The molecule has 1 atom stereocenters. The van der Waals surface area contributed by atoms with Gasteiger partial charge in [0.1, 0.15) is 6.04 Å². The summed E-state index contributed by atoms with van der Waals surface area (Å²) >= 11 is 6.21. The first-order valence-electron chi connectivity index (χ1n) is 9.16. The summed E-state index contributed by atoms with van der Waals surface area (Å²) in [7, 11) is 0. The van der Waals surface area contributed by atoms with Gasteiger partial charge in [-0.25, -0.2) is 0 Å². The standard InChI is InChI=1S/C22H27ClN2O2/c1-15(2)24-22(27)17(4)25(14-18-9-7-8-16(3)12-18)21(26)13-19-10-5-6-11-20(19)23/h5-12,15,17H,13-14H2,1-4H3,(H,24,27). The zero-order valence-electron chi connectivity index (χ0n) is 16.3. The molecule has 0 aliphatic carbocycles. The number of hydrogen-bond donors (Lipinski definition) is 1. The minimum absolute atomic E-state index is 0.0134. The Balaban J connectivity index is 2.26. The number of carbonyl (C=O) groups excluding carboxylic acids is 2. The Bertz CT molecular complexity index is 804. The zero-order chi connectivity index (χ0) is 20.0. The van der Waals surface area contributed by atoms with Gasteiger partial charge in [-0.3, -0.25) is 9.59 Å². The van der Waals surface area contributed by atoms with Crippen LogP contribution in [0.25, 0.3) is 0 Å². The summed E-state index contributed by atoms with van der Waals surface area (Å²) in [5, 5.41) is 3.45. The molecule has 27 heavy (non-hydrogen) atoms. The SMILES string of the molecule is Cc1cccc(CN(C(=O)Cc2ccccc2Cl)C(C)C(=O)NC(C)C)c1. The molecule has 2 rings (SSSR count). The fourth-order valence-electron chi connectivity index (χ4n) is 2.90. The van der Waals surface area contributed by atoms with Crippen LogP contribution in [-0.2, 0) is 22.6 Å². The average Bonchev–Trinajstić information content (AvgIpc) is 2.60. The van der Waals surface area contributed by atoms with E-state index in [0.717, 1.165) is 16.7 Å². The number of hydrogen-bond acceptors (Lipinski definition) is 2. The molecular formula is C22H27ClN2O2. The molecule has 0 aliphatic rings. The normalized spacial score (nSPS) is 11.9. The van der Waals surface area contributed by atoms with Crippen molar-refractivity contribution in [1.29, 1.82) is 0 Å². The number of carbonyl (C=O) groups is 2. The number of nitrogens with one attached hydrogen (secondary N) is 1. The van der Waals surface area contributed by atoms with Crippen molar-refractivity contribution in [2.45, 2.75) is 52.7 Å². The smallest absolute Gasteiger partial charge is 0.242 e. The predicted molar refractivity (Wildman–Crippen MR) is 110 cm³/mol. The summed E-state index contributed by atoms with van der Waals surface area (Å²) in [6, 6.07) is 14.7. The largest absolute Gasteiger partial charge is 0.352 e. The van der Waals surface area contributed by atoms with Gasteiger partial charge < -0.3 is 10.2 Å². The highest BCUT2D eigenvalue weighted by Gasteiger charge is 2.26. The van der Waals surface area contributed by atoms with Gasteiger partial charge in [-0.15, -0.1) is 0 Å². The van der Waals surface area contributed by atoms with E-state index in [0.29, 0.717) is 11.6 Å². The molecule has 0 saturated heterocycles. The van der Waals surface area contributed by atoms with Gasteiger partial charge in [-0.05, 0) is 44.9 Å². The van der Waals surface area contributed by atoms with Crippen LogP contribution in [0, 0.1) is 6.92 Å². The van der Waals surface area contributed by atoms with Gasteiger partial charge in [0.25, 0.3) is 0 Å². The van der Waals surface area contributed by atoms with Crippen molar-refractivity contribution in [2.75, 3.05) is 0 Å². The molecule has 4 nitrogen and oxygen atoms in total. The lowest BCUT2D eigenvalue weighted by molar-refractivity contribution is -0.140. The van der Waals surface area contributed by atoms with Crippen molar-refractivity contribution >= 4 is 23.4 Å². The zero-order valence-corrected chi connectivity index (χ0v) is 17.1. The maximum Gasteiger partial charge on any atom is 0.242 e. The number of aryl methyl sites for hydroxylation is 1. The van der Waals surface area contributed by atoms with Crippen LogP contribution in [0.3, 0.4) is 0 Å². The third-order valence-corrected chi connectivity index (χ3v) is 4.70. The molecule has 144 valence electrons. The van der Waals surface area contributed by atoms with Gasteiger partial charge in [0.15, 0.2) is 0 Å². The molecule has 1 N–H and O–H groups in total. The van der Waals surface area contributed by atoms with Crippen LogP contribution in [-0.4, -0.2) is 28.8 Å². The summed E-state index contributed by atoms with van der Waals surface area (Å²) < 4.78 is 0. The summed E-state index contributed by atoms with van der Waals surface area (Å²) in [6.45, 7) is 7.95. The van der Waals surface area contributed by atoms with Crippen LogP contribution in [0.15, 0.2) is 48.5 Å². The Morgan fingerprint density at radius 2 is 1.78 bits per heavy atom. The van der Waals surface area contributed by atoms with Crippen molar-refractivity contribution in [1.82, 2.24) is 10.2 Å². The molecular weight excluding hydrogens is 360 g/mol. The van der Waals surface area contributed by atoms with Crippen molar-refractivity contribution in [3.05, 3.63) is 70.2 Å². The van der Waals surface area contributed by atoms with Crippen molar-refractivity contribution in [2.24, 2.45) is 0 Å². The van der Waals surface area contributed by atoms with E-state index in [1.807, 2.05) is 63.2 Å². The van der Waals surface area contributed by atoms with Crippen LogP contribution in [0.5, 0.6) is 0 Å². The van der Waals surface area contributed by atoms with Crippen molar-refractivity contribution in [3.63, 3.8) is 0 Å². The Kier molecular flexibility index (Phi) is 7.43. The number of benzene rings is 2. The highest BCUT2D eigenvalue weighted by molar-refractivity contribution is 6.31. The van der Waals surface area contributed by atoms with E-state index >= 15 is 0 Å². The lowest BCUT2D eigenvalue weighted by atomic mass is 10.1. The highest BCUT2D eigenvalue weighted by atomic mass is 35.5.